The number of nitrogens with zero attached hydrogens (tertiary/aromatic N) is 3. The number of benzene rings is 3. The first-order valence-corrected chi connectivity index (χ1v) is 14.4. The minimum atomic E-state index is -3.98. The maximum absolute atomic E-state index is 13.5. The summed E-state index contributed by atoms with van der Waals surface area (Å²) in [5.74, 6) is -0.0185. The Balaban J connectivity index is 1.51. The molecule has 0 spiro atoms. The summed E-state index contributed by atoms with van der Waals surface area (Å²) in [6.45, 7) is 3.59. The smallest absolute Gasteiger partial charge is 0.255 e. The number of aryl methyl sites for hydroxylation is 1. The number of sulfonamides is 1. The van der Waals surface area contributed by atoms with E-state index < -0.39 is 22.5 Å². The summed E-state index contributed by atoms with van der Waals surface area (Å²) in [6, 6.07) is 25.1. The molecule has 8 nitrogen and oxygen atoms in total. The fraction of sp³-hybridized carbons (Fsp3) is 0.172. The van der Waals surface area contributed by atoms with Crippen molar-refractivity contribution in [3.05, 3.63) is 112 Å². The average molecular weight is 610 g/mol. The maximum Gasteiger partial charge on any atom is 0.255 e. The normalized spacial score (nSPS) is 11.7. The van der Waals surface area contributed by atoms with E-state index in [2.05, 4.69) is 31.0 Å². The molecule has 4 aromatic rings. The van der Waals surface area contributed by atoms with Gasteiger partial charge in [0.1, 0.15) is 5.75 Å². The minimum Gasteiger partial charge on any atom is -0.497 e. The molecule has 202 valence electrons. The minimum absolute atomic E-state index is 0.0279. The fourth-order valence-corrected chi connectivity index (χ4v) is 5.98. The predicted octanol–water partition coefficient (Wildman–Crippen LogP) is 5.21. The van der Waals surface area contributed by atoms with Gasteiger partial charge in [-0.25, -0.2) is 13.8 Å². The Hall–Kier alpha value is -3.73. The number of amides is 1. The van der Waals surface area contributed by atoms with Crippen molar-refractivity contribution in [3.63, 3.8) is 0 Å². The number of hydrogen-bond acceptors (Lipinski definition) is 5. The van der Waals surface area contributed by atoms with Gasteiger partial charge in [-0.2, -0.15) is 9.41 Å². The van der Waals surface area contributed by atoms with Crippen LogP contribution in [0.5, 0.6) is 5.75 Å². The summed E-state index contributed by atoms with van der Waals surface area (Å²) in [7, 11) is -2.47. The fourth-order valence-electron chi connectivity index (χ4n) is 4.21. The second-order valence-corrected chi connectivity index (χ2v) is 11.7. The molecule has 0 saturated heterocycles. The molecular weight excluding hydrogens is 580 g/mol. The highest BCUT2D eigenvalue weighted by molar-refractivity contribution is 9.10. The van der Waals surface area contributed by atoms with Gasteiger partial charge in [0.05, 0.1) is 24.8 Å². The van der Waals surface area contributed by atoms with E-state index in [1.807, 2.05) is 74.5 Å². The molecule has 0 bridgehead atoms. The number of methoxy groups -OCH3 is 1. The van der Waals surface area contributed by atoms with Crippen LogP contribution >= 0.6 is 15.9 Å². The Bertz CT molecular complexity index is 1580. The SMILES string of the molecule is COc1ccc(S(=O)(=O)N(CC(=O)N/N=C/c2cc(C)n(-c3cccc(Br)c3)c2C)Cc2ccccc2)cc1. The predicted molar refractivity (Wildman–Crippen MR) is 156 cm³/mol. The topological polar surface area (TPSA) is 93.0 Å². The van der Waals surface area contributed by atoms with Crippen LogP contribution in [0, 0.1) is 13.8 Å². The zero-order valence-corrected chi connectivity index (χ0v) is 24.2. The third-order valence-corrected chi connectivity index (χ3v) is 8.45. The summed E-state index contributed by atoms with van der Waals surface area (Å²) in [4.78, 5) is 12.9. The van der Waals surface area contributed by atoms with Crippen LogP contribution in [0.2, 0.25) is 0 Å². The molecule has 0 atom stereocenters. The number of aromatic nitrogens is 1. The first-order valence-electron chi connectivity index (χ1n) is 12.1. The first-order chi connectivity index (χ1) is 18.7. The molecule has 1 amide bonds. The van der Waals surface area contributed by atoms with Crippen LogP contribution in [0.25, 0.3) is 5.69 Å². The van der Waals surface area contributed by atoms with Crippen LogP contribution in [0.3, 0.4) is 0 Å². The van der Waals surface area contributed by atoms with Crippen LogP contribution in [0.1, 0.15) is 22.5 Å². The van der Waals surface area contributed by atoms with Gasteiger partial charge in [0.25, 0.3) is 5.91 Å². The van der Waals surface area contributed by atoms with E-state index in [1.165, 1.54) is 19.2 Å². The van der Waals surface area contributed by atoms with Gasteiger partial charge in [-0.05, 0) is 67.9 Å². The lowest BCUT2D eigenvalue weighted by molar-refractivity contribution is -0.121. The molecular formula is C29H29BrN4O4S. The van der Waals surface area contributed by atoms with Crippen molar-refractivity contribution in [2.75, 3.05) is 13.7 Å². The van der Waals surface area contributed by atoms with Crippen LogP contribution in [0.15, 0.2) is 99.4 Å². The summed E-state index contributed by atoms with van der Waals surface area (Å²) in [6.07, 6.45) is 1.56. The Morgan fingerprint density at radius 2 is 1.74 bits per heavy atom. The van der Waals surface area contributed by atoms with Gasteiger partial charge in [0, 0.05) is 33.7 Å². The van der Waals surface area contributed by atoms with Crippen molar-refractivity contribution >= 4 is 38.1 Å². The number of rotatable bonds is 10. The number of halogens is 1. The summed E-state index contributed by atoms with van der Waals surface area (Å²) in [5.41, 5.74) is 7.04. The summed E-state index contributed by atoms with van der Waals surface area (Å²) < 4.78 is 36.3. The monoisotopic (exact) mass is 608 g/mol. The molecule has 0 aliphatic carbocycles. The highest BCUT2D eigenvalue weighted by Crippen LogP contribution is 2.23. The first kappa shape index (κ1) is 28.3. The highest BCUT2D eigenvalue weighted by atomic mass is 79.9. The molecule has 1 heterocycles. The number of nitrogens with one attached hydrogen (secondary N) is 1. The molecule has 4 rings (SSSR count). The number of hydrazone groups is 1. The van der Waals surface area contributed by atoms with Crippen LogP contribution in [-0.2, 0) is 21.4 Å². The van der Waals surface area contributed by atoms with Gasteiger partial charge in [-0.15, -0.1) is 0 Å². The number of carbonyl (C=O) groups is 1. The number of ether oxygens (including phenoxy) is 1. The van der Waals surface area contributed by atoms with Crippen LogP contribution < -0.4 is 10.2 Å². The van der Waals surface area contributed by atoms with E-state index >= 15 is 0 Å². The number of carbonyl (C=O) groups excluding carboxylic acids is 1. The Morgan fingerprint density at radius 1 is 1.03 bits per heavy atom. The second kappa shape index (κ2) is 12.4. The third kappa shape index (κ3) is 6.83. The van der Waals surface area contributed by atoms with Crippen LogP contribution in [-0.4, -0.2) is 43.1 Å². The van der Waals surface area contributed by atoms with Crippen molar-refractivity contribution in [2.24, 2.45) is 5.10 Å². The molecule has 0 aliphatic rings. The average Bonchev–Trinajstić information content (AvgIpc) is 3.21. The highest BCUT2D eigenvalue weighted by Gasteiger charge is 2.27. The molecule has 0 saturated carbocycles. The molecule has 10 heteroatoms. The van der Waals surface area contributed by atoms with Crippen molar-refractivity contribution in [3.8, 4) is 11.4 Å². The molecule has 0 fully saturated rings. The third-order valence-electron chi connectivity index (χ3n) is 6.15. The standard InChI is InChI=1S/C29H29BrN4O4S/c1-21-16-24(22(2)34(21)26-11-7-10-25(30)17-26)18-31-32-29(35)20-33(19-23-8-5-4-6-9-23)39(36,37)28-14-12-27(38-3)13-15-28/h4-18H,19-20H2,1-3H3,(H,32,35)/b31-18+. The second-order valence-electron chi connectivity index (χ2n) is 8.87. The van der Waals surface area contributed by atoms with E-state index in [1.54, 1.807) is 18.3 Å². The van der Waals surface area contributed by atoms with Crippen molar-refractivity contribution in [1.29, 1.82) is 0 Å². The van der Waals surface area contributed by atoms with Gasteiger partial charge in [0.15, 0.2) is 0 Å². The largest absolute Gasteiger partial charge is 0.497 e. The van der Waals surface area contributed by atoms with E-state index in [0.29, 0.717) is 5.75 Å². The van der Waals surface area contributed by atoms with Gasteiger partial charge in [-0.1, -0.05) is 52.3 Å². The Morgan fingerprint density at radius 3 is 2.41 bits per heavy atom. The lowest BCUT2D eigenvalue weighted by Gasteiger charge is -2.21. The molecule has 1 N–H and O–H groups in total. The molecule has 0 aliphatic heterocycles. The van der Waals surface area contributed by atoms with Crippen molar-refractivity contribution in [1.82, 2.24) is 14.3 Å². The number of hydrogen-bond donors (Lipinski definition) is 1. The quantitative estimate of drug-likeness (QED) is 0.198. The zero-order valence-electron chi connectivity index (χ0n) is 21.8. The van der Waals surface area contributed by atoms with Gasteiger partial charge in [0.2, 0.25) is 10.0 Å². The van der Waals surface area contributed by atoms with Gasteiger partial charge >= 0.3 is 0 Å². The lowest BCUT2D eigenvalue weighted by atomic mass is 10.2. The molecule has 3 aromatic carbocycles. The summed E-state index contributed by atoms with van der Waals surface area (Å²) >= 11 is 3.51. The Kier molecular flexibility index (Phi) is 9.01. The molecule has 0 unspecified atom stereocenters. The van der Waals surface area contributed by atoms with Crippen molar-refractivity contribution < 1.29 is 17.9 Å². The molecule has 39 heavy (non-hydrogen) atoms. The maximum atomic E-state index is 13.5. The molecule has 1 aromatic heterocycles. The van der Waals surface area contributed by atoms with Crippen molar-refractivity contribution in [2.45, 2.75) is 25.3 Å². The van der Waals surface area contributed by atoms with E-state index in [9.17, 15) is 13.2 Å². The molecule has 0 radical (unpaired) electrons. The van der Waals surface area contributed by atoms with Gasteiger partial charge < -0.3 is 9.30 Å². The summed E-state index contributed by atoms with van der Waals surface area (Å²) in [5, 5.41) is 4.12. The zero-order chi connectivity index (χ0) is 28.0. The van der Waals surface area contributed by atoms with E-state index in [0.717, 1.165) is 37.0 Å². The van der Waals surface area contributed by atoms with Gasteiger partial charge in [-0.3, -0.25) is 4.79 Å². The van der Waals surface area contributed by atoms with E-state index in [4.69, 9.17) is 4.74 Å². The van der Waals surface area contributed by atoms with Crippen LogP contribution in [0.4, 0.5) is 0 Å². The lowest BCUT2D eigenvalue weighted by Crippen LogP contribution is -2.39. The van der Waals surface area contributed by atoms with E-state index in [-0.39, 0.29) is 11.4 Å². The Labute approximate surface area is 237 Å².